The first-order valence-electron chi connectivity index (χ1n) is 18.2. The molecule has 3 saturated heterocycles. The van der Waals surface area contributed by atoms with Crippen LogP contribution in [0.1, 0.15) is 71.8 Å². The highest BCUT2D eigenvalue weighted by Crippen LogP contribution is 2.26. The van der Waals surface area contributed by atoms with E-state index in [0.717, 1.165) is 25.0 Å². The minimum Gasteiger partial charge on any atom is -0.461 e. The molecular formula is C37H50F2N6O8. The monoisotopic (exact) mass is 744 g/mol. The molecule has 0 spiro atoms. The zero-order valence-corrected chi connectivity index (χ0v) is 30.9. The van der Waals surface area contributed by atoms with Crippen LogP contribution in [0.4, 0.5) is 8.78 Å². The van der Waals surface area contributed by atoms with E-state index < -0.39 is 95.9 Å². The van der Waals surface area contributed by atoms with Crippen LogP contribution >= 0.6 is 0 Å². The molecule has 6 amide bonds. The van der Waals surface area contributed by atoms with Crippen molar-refractivity contribution < 1.29 is 47.1 Å². The number of nitrogens with zero attached hydrogens (tertiary/aromatic N) is 3. The summed E-state index contributed by atoms with van der Waals surface area (Å²) in [6, 6.07) is -4.41. The Labute approximate surface area is 308 Å². The second kappa shape index (κ2) is 18.2. The van der Waals surface area contributed by atoms with Gasteiger partial charge in [-0.2, -0.15) is 0 Å². The first-order chi connectivity index (χ1) is 25.1. The molecule has 0 saturated carbocycles. The number of allylic oxidation sites excluding steroid dienone is 1. The molecule has 2 unspecified atom stereocenters. The number of nitrogens with one attached hydrogen (secondary N) is 3. The van der Waals surface area contributed by atoms with E-state index in [-0.39, 0.29) is 43.8 Å². The molecule has 1 aromatic carbocycles. The summed E-state index contributed by atoms with van der Waals surface area (Å²) in [5, 5.41) is 7.74. The van der Waals surface area contributed by atoms with Crippen LogP contribution in [0.3, 0.4) is 0 Å². The summed E-state index contributed by atoms with van der Waals surface area (Å²) in [4.78, 5) is 98.8. The number of halogens is 2. The standard InChI is InChI=1S/C37H50F2N6O8/c1-6-7-8-9-12-31(46)41-27(17-24-15-25(38)18-26(39)16-24)33(48)42-28-20-53-37(52)30-14-21(2)19-45(30)34(49)22(3)40-32(47)23(4)43(5)36(51)29-11-10-13-44(29)35(28)50/h9,12,15-16,18,21-23,27-30H,6-8,10-11,13-14,17,19-20H2,1-5H3,(H,40,47)(H,41,46)(H,42,48)/b12-9+/t21-,22+,23+,27?,28?,29+,30+/m1/s1. The molecule has 3 aliphatic heterocycles. The number of esters is 1. The number of likely N-dealkylation sites (N-methyl/N-ethyl adjacent to an activating group) is 1. The predicted octanol–water partition coefficient (Wildman–Crippen LogP) is 1.36. The molecule has 0 radical (unpaired) electrons. The smallest absolute Gasteiger partial charge is 0.328 e. The maximum absolute atomic E-state index is 14.2. The minimum absolute atomic E-state index is 0.0504. The number of carbonyl (C=O) groups is 7. The number of cyclic esters (lactones) is 1. The number of benzene rings is 1. The molecule has 3 aliphatic rings. The van der Waals surface area contributed by atoms with E-state index in [4.69, 9.17) is 4.74 Å². The molecule has 290 valence electrons. The third-order valence-electron chi connectivity index (χ3n) is 9.92. The largest absolute Gasteiger partial charge is 0.461 e. The number of carbonyl (C=O) groups excluding carboxylic acids is 7. The van der Waals surface area contributed by atoms with E-state index in [0.29, 0.717) is 18.9 Å². The maximum Gasteiger partial charge on any atom is 0.328 e. The number of hydrogen-bond donors (Lipinski definition) is 3. The molecule has 0 bridgehead atoms. The predicted molar refractivity (Wildman–Crippen MR) is 187 cm³/mol. The number of ether oxygens (including phenoxy) is 1. The van der Waals surface area contributed by atoms with Gasteiger partial charge in [0.2, 0.25) is 35.4 Å². The third-order valence-corrected chi connectivity index (χ3v) is 9.92. The Bertz CT molecular complexity index is 1590. The molecule has 7 atom stereocenters. The highest BCUT2D eigenvalue weighted by molar-refractivity contribution is 5.98. The highest BCUT2D eigenvalue weighted by Gasteiger charge is 2.44. The molecule has 4 rings (SSSR count). The van der Waals surface area contributed by atoms with Crippen LogP contribution in [-0.2, 0) is 44.7 Å². The molecule has 3 heterocycles. The summed E-state index contributed by atoms with van der Waals surface area (Å²) in [6.45, 7) is 6.46. The zero-order chi connectivity index (χ0) is 39.0. The van der Waals surface area contributed by atoms with Gasteiger partial charge in [-0.15, -0.1) is 0 Å². The van der Waals surface area contributed by atoms with Gasteiger partial charge in [-0.3, -0.25) is 28.8 Å². The van der Waals surface area contributed by atoms with Crippen molar-refractivity contribution in [3.63, 3.8) is 0 Å². The lowest BCUT2D eigenvalue weighted by atomic mass is 10.0. The fourth-order valence-electron chi connectivity index (χ4n) is 6.86. The Morgan fingerprint density at radius 3 is 2.38 bits per heavy atom. The van der Waals surface area contributed by atoms with Crippen LogP contribution in [-0.4, -0.2) is 119 Å². The molecule has 0 aromatic heterocycles. The van der Waals surface area contributed by atoms with Gasteiger partial charge in [0.15, 0.2) is 0 Å². The van der Waals surface area contributed by atoms with Crippen molar-refractivity contribution in [2.75, 3.05) is 26.7 Å². The molecule has 3 fully saturated rings. The molecule has 16 heteroatoms. The van der Waals surface area contributed by atoms with Crippen LogP contribution < -0.4 is 16.0 Å². The fraction of sp³-hybridized carbons (Fsp3) is 0.595. The summed E-state index contributed by atoms with van der Waals surface area (Å²) in [5.41, 5.74) is 0.0504. The average Bonchev–Trinajstić information content (AvgIpc) is 3.76. The molecule has 3 N–H and O–H groups in total. The van der Waals surface area contributed by atoms with Crippen LogP contribution in [0.5, 0.6) is 0 Å². The van der Waals surface area contributed by atoms with E-state index in [1.165, 1.54) is 41.7 Å². The van der Waals surface area contributed by atoms with Crippen molar-refractivity contribution in [1.29, 1.82) is 0 Å². The van der Waals surface area contributed by atoms with Crippen molar-refractivity contribution in [2.45, 2.75) is 109 Å². The lowest BCUT2D eigenvalue weighted by Gasteiger charge is -2.34. The average molecular weight is 745 g/mol. The number of hydrogen-bond acceptors (Lipinski definition) is 8. The van der Waals surface area contributed by atoms with Crippen LogP contribution in [0.15, 0.2) is 30.4 Å². The van der Waals surface area contributed by atoms with Gasteiger partial charge in [-0.25, -0.2) is 13.6 Å². The summed E-state index contributed by atoms with van der Waals surface area (Å²) < 4.78 is 33.9. The van der Waals surface area contributed by atoms with Crippen molar-refractivity contribution in [3.05, 3.63) is 47.5 Å². The highest BCUT2D eigenvalue weighted by atomic mass is 19.1. The van der Waals surface area contributed by atoms with Gasteiger partial charge in [0.05, 0.1) is 0 Å². The Kier molecular flexibility index (Phi) is 14.1. The summed E-state index contributed by atoms with van der Waals surface area (Å²) in [5.74, 6) is -6.74. The summed E-state index contributed by atoms with van der Waals surface area (Å²) >= 11 is 0. The lowest BCUT2D eigenvalue weighted by molar-refractivity contribution is -0.158. The van der Waals surface area contributed by atoms with E-state index >= 15 is 0 Å². The maximum atomic E-state index is 14.2. The van der Waals surface area contributed by atoms with Crippen LogP contribution in [0, 0.1) is 17.6 Å². The van der Waals surface area contributed by atoms with Crippen molar-refractivity contribution in [3.8, 4) is 0 Å². The lowest BCUT2D eigenvalue weighted by Crippen LogP contribution is -2.60. The minimum atomic E-state index is -1.57. The van der Waals surface area contributed by atoms with Gasteiger partial charge in [0, 0.05) is 32.6 Å². The Morgan fingerprint density at radius 1 is 1.00 bits per heavy atom. The molecule has 1 aromatic rings. The second-order valence-electron chi connectivity index (χ2n) is 14.2. The molecule has 0 aliphatic carbocycles. The molecular weight excluding hydrogens is 694 g/mol. The van der Waals surface area contributed by atoms with Crippen molar-refractivity contribution in [1.82, 2.24) is 30.7 Å². The van der Waals surface area contributed by atoms with Crippen molar-refractivity contribution >= 4 is 41.4 Å². The Hall–Kier alpha value is -4.89. The van der Waals surface area contributed by atoms with Crippen molar-refractivity contribution in [2.24, 2.45) is 5.92 Å². The van der Waals surface area contributed by atoms with Gasteiger partial charge >= 0.3 is 5.97 Å². The van der Waals surface area contributed by atoms with Gasteiger partial charge in [0.25, 0.3) is 0 Å². The van der Waals surface area contributed by atoms with Crippen LogP contribution in [0.25, 0.3) is 0 Å². The number of rotatable bonds is 9. The second-order valence-corrected chi connectivity index (χ2v) is 14.2. The Morgan fingerprint density at radius 2 is 1.70 bits per heavy atom. The first kappa shape index (κ1) is 40.9. The number of amides is 6. The SMILES string of the molecule is CCCC/C=C/C(=O)NC(Cc1cc(F)cc(F)c1)C(=O)NC1COC(=O)[C@@H]2C[C@@H](C)CN2C(=O)[C@H](C)NC(=O)[C@H](C)N(C)C(=O)[C@@H]2CCCN2C1=O. The molecule has 53 heavy (non-hydrogen) atoms. The van der Waals surface area contributed by atoms with Gasteiger partial charge in [0.1, 0.15) is 54.5 Å². The van der Waals surface area contributed by atoms with E-state index in [9.17, 15) is 42.3 Å². The quantitative estimate of drug-likeness (QED) is 0.193. The first-order valence-corrected chi connectivity index (χ1v) is 18.2. The summed E-state index contributed by atoms with van der Waals surface area (Å²) in [7, 11) is 1.42. The van der Waals surface area contributed by atoms with E-state index in [1.54, 1.807) is 6.08 Å². The van der Waals surface area contributed by atoms with Gasteiger partial charge in [-0.1, -0.05) is 32.8 Å². The summed E-state index contributed by atoms with van der Waals surface area (Å²) in [6.07, 6.45) is 5.76. The fourth-order valence-corrected chi connectivity index (χ4v) is 6.86. The third kappa shape index (κ3) is 10.4. The topological polar surface area (TPSA) is 175 Å². The van der Waals surface area contributed by atoms with E-state index in [2.05, 4.69) is 16.0 Å². The number of unbranched alkanes of at least 4 members (excludes halogenated alkanes) is 2. The van der Waals surface area contributed by atoms with Gasteiger partial charge in [-0.05, 0) is 69.2 Å². The van der Waals surface area contributed by atoms with Gasteiger partial charge < -0.3 is 35.4 Å². The van der Waals surface area contributed by atoms with E-state index in [1.807, 2.05) is 13.8 Å². The number of fused-ring (bicyclic) bond motifs is 2. The normalized spacial score (nSPS) is 26.6. The van der Waals surface area contributed by atoms with Crippen LogP contribution in [0.2, 0.25) is 0 Å². The molecule has 14 nitrogen and oxygen atoms in total. The Balaban J connectivity index is 1.68. The zero-order valence-electron chi connectivity index (χ0n) is 30.9.